The first-order chi connectivity index (χ1) is 12.6. The van der Waals surface area contributed by atoms with Crippen LogP contribution in [-0.2, 0) is 31.2 Å². The Kier molecular flexibility index (Phi) is 6.24. The largest absolute Gasteiger partial charge is 0.465 e. The number of sulfonamides is 2. The van der Waals surface area contributed by atoms with Gasteiger partial charge in [-0.05, 0) is 42.3 Å². The van der Waals surface area contributed by atoms with E-state index in [1.165, 1.54) is 18.2 Å². The molecule has 0 bridgehead atoms. The zero-order valence-corrected chi connectivity index (χ0v) is 16.4. The van der Waals surface area contributed by atoms with Gasteiger partial charge >= 0.3 is 5.97 Å². The number of carbonyl (C=O) groups excluding carboxylic acids is 1. The molecule has 0 radical (unpaired) electrons. The number of hydrogen-bond donors (Lipinski definition) is 2. The number of ether oxygens (including phenoxy) is 1. The number of carbonyl (C=O) groups is 1. The summed E-state index contributed by atoms with van der Waals surface area (Å²) in [6.07, 6.45) is 1.73. The highest BCUT2D eigenvalue weighted by molar-refractivity contribution is 7.93. The van der Waals surface area contributed by atoms with Crippen LogP contribution in [0, 0.1) is 0 Å². The summed E-state index contributed by atoms with van der Waals surface area (Å²) in [6.45, 7) is 2.01. The molecule has 0 unspecified atom stereocenters. The van der Waals surface area contributed by atoms with Crippen molar-refractivity contribution in [3.8, 4) is 0 Å². The summed E-state index contributed by atoms with van der Waals surface area (Å²) < 4.78 is 55.6. The zero-order valence-electron chi connectivity index (χ0n) is 14.8. The molecule has 0 heterocycles. The van der Waals surface area contributed by atoms with Gasteiger partial charge in [0.1, 0.15) is 4.90 Å². The first-order valence-electron chi connectivity index (χ1n) is 7.95. The highest BCUT2D eigenvalue weighted by Gasteiger charge is 2.22. The van der Waals surface area contributed by atoms with Gasteiger partial charge in [0.25, 0.3) is 10.0 Å². The highest BCUT2D eigenvalue weighted by Crippen LogP contribution is 2.25. The quantitative estimate of drug-likeness (QED) is 0.667. The minimum absolute atomic E-state index is 0.0270. The van der Waals surface area contributed by atoms with Crippen molar-refractivity contribution < 1.29 is 26.4 Å². The van der Waals surface area contributed by atoms with Gasteiger partial charge in [-0.2, -0.15) is 0 Å². The van der Waals surface area contributed by atoms with Crippen LogP contribution >= 0.6 is 0 Å². The van der Waals surface area contributed by atoms with E-state index in [1.54, 1.807) is 12.1 Å². The molecule has 2 rings (SSSR count). The SMILES string of the molecule is CCCc1ccc(S(=O)(=O)Nc2cc(C(=O)OC)ccc2S(N)(=O)=O)cc1. The third kappa shape index (κ3) is 5.06. The summed E-state index contributed by atoms with van der Waals surface area (Å²) in [5.41, 5.74) is 0.619. The van der Waals surface area contributed by atoms with E-state index in [2.05, 4.69) is 9.46 Å². The smallest absolute Gasteiger partial charge is 0.337 e. The van der Waals surface area contributed by atoms with Crippen molar-refractivity contribution in [3.63, 3.8) is 0 Å². The molecular weight excluding hydrogens is 392 g/mol. The van der Waals surface area contributed by atoms with Crippen LogP contribution in [0.1, 0.15) is 29.3 Å². The topological polar surface area (TPSA) is 133 Å². The van der Waals surface area contributed by atoms with Gasteiger partial charge in [0.15, 0.2) is 0 Å². The van der Waals surface area contributed by atoms with Gasteiger partial charge in [-0.15, -0.1) is 0 Å². The third-order valence-corrected chi connectivity index (χ3v) is 6.07. The lowest BCUT2D eigenvalue weighted by Crippen LogP contribution is -2.19. The van der Waals surface area contributed by atoms with Crippen molar-refractivity contribution in [2.45, 2.75) is 29.6 Å². The van der Waals surface area contributed by atoms with E-state index in [0.717, 1.165) is 37.6 Å². The van der Waals surface area contributed by atoms with Crippen LogP contribution < -0.4 is 9.86 Å². The predicted molar refractivity (Wildman–Crippen MR) is 100 cm³/mol. The van der Waals surface area contributed by atoms with Gasteiger partial charge < -0.3 is 4.74 Å². The molecule has 0 amide bonds. The van der Waals surface area contributed by atoms with Crippen LogP contribution in [0.2, 0.25) is 0 Å². The van der Waals surface area contributed by atoms with Crippen LogP contribution in [0.5, 0.6) is 0 Å². The number of esters is 1. The highest BCUT2D eigenvalue weighted by atomic mass is 32.2. The lowest BCUT2D eigenvalue weighted by Gasteiger charge is -2.13. The fourth-order valence-corrected chi connectivity index (χ4v) is 4.24. The Morgan fingerprint density at radius 3 is 2.22 bits per heavy atom. The molecule has 146 valence electrons. The van der Waals surface area contributed by atoms with Gasteiger partial charge in [0, 0.05) is 0 Å². The lowest BCUT2D eigenvalue weighted by molar-refractivity contribution is 0.0600. The molecule has 3 N–H and O–H groups in total. The molecule has 0 saturated carbocycles. The minimum Gasteiger partial charge on any atom is -0.465 e. The zero-order chi connectivity index (χ0) is 20.2. The summed E-state index contributed by atoms with van der Waals surface area (Å²) in [7, 11) is -7.18. The van der Waals surface area contributed by atoms with Gasteiger partial charge in [-0.3, -0.25) is 4.72 Å². The monoisotopic (exact) mass is 412 g/mol. The number of benzene rings is 2. The van der Waals surface area contributed by atoms with Crippen molar-refractivity contribution in [3.05, 3.63) is 53.6 Å². The first kappa shape index (κ1) is 20.9. The molecule has 0 fully saturated rings. The molecule has 0 aromatic heterocycles. The Labute approximate surface area is 158 Å². The van der Waals surface area contributed by atoms with Crippen molar-refractivity contribution in [2.24, 2.45) is 5.14 Å². The molecule has 0 aliphatic rings. The molecular formula is C17H20N2O6S2. The summed E-state index contributed by atoms with van der Waals surface area (Å²) in [4.78, 5) is 11.2. The molecule has 8 nitrogen and oxygen atoms in total. The van der Waals surface area contributed by atoms with Crippen LogP contribution in [-0.4, -0.2) is 29.9 Å². The number of aryl methyl sites for hydroxylation is 1. The Bertz CT molecular complexity index is 1050. The number of primary sulfonamides is 1. The maximum atomic E-state index is 12.6. The molecule has 0 aliphatic heterocycles. The lowest BCUT2D eigenvalue weighted by atomic mass is 10.1. The predicted octanol–water partition coefficient (Wildman–Crippen LogP) is 1.87. The number of nitrogens with two attached hydrogens (primary N) is 1. The third-order valence-electron chi connectivity index (χ3n) is 3.72. The fraction of sp³-hybridized carbons (Fsp3) is 0.235. The standard InChI is InChI=1S/C17H20N2O6S2/c1-3-4-12-5-8-14(9-6-12)27(23,24)19-15-11-13(17(20)25-2)7-10-16(15)26(18,21)22/h5-11,19H,3-4H2,1-2H3,(H2,18,21,22). The minimum atomic E-state index is -4.23. The summed E-state index contributed by atoms with van der Waals surface area (Å²) >= 11 is 0. The molecule has 0 saturated heterocycles. The van der Waals surface area contributed by atoms with E-state index in [0.29, 0.717) is 0 Å². The average Bonchev–Trinajstić information content (AvgIpc) is 2.60. The van der Waals surface area contributed by atoms with Crippen molar-refractivity contribution in [1.29, 1.82) is 0 Å². The van der Waals surface area contributed by atoms with E-state index in [9.17, 15) is 21.6 Å². The second kappa shape index (κ2) is 8.07. The maximum absolute atomic E-state index is 12.6. The molecule has 0 atom stereocenters. The summed E-state index contributed by atoms with van der Waals surface area (Å²) in [6, 6.07) is 9.51. The van der Waals surface area contributed by atoms with Crippen LogP contribution in [0.15, 0.2) is 52.3 Å². The molecule has 0 spiro atoms. The van der Waals surface area contributed by atoms with E-state index < -0.39 is 30.9 Å². The number of rotatable bonds is 7. The molecule has 10 heteroatoms. The van der Waals surface area contributed by atoms with Gasteiger partial charge in [0.05, 0.1) is 23.3 Å². The molecule has 27 heavy (non-hydrogen) atoms. The Morgan fingerprint density at radius 1 is 1.07 bits per heavy atom. The fourth-order valence-electron chi connectivity index (χ4n) is 2.43. The Morgan fingerprint density at radius 2 is 1.70 bits per heavy atom. The molecule has 0 aliphatic carbocycles. The second-order valence-electron chi connectivity index (χ2n) is 5.75. The van der Waals surface area contributed by atoms with Gasteiger partial charge in [-0.1, -0.05) is 25.5 Å². The normalized spacial score (nSPS) is 11.8. The molecule has 2 aromatic carbocycles. The van der Waals surface area contributed by atoms with Crippen LogP contribution in [0.4, 0.5) is 5.69 Å². The van der Waals surface area contributed by atoms with Crippen molar-refractivity contribution >= 4 is 31.7 Å². The van der Waals surface area contributed by atoms with Crippen molar-refractivity contribution in [1.82, 2.24) is 0 Å². The first-order valence-corrected chi connectivity index (χ1v) is 11.0. The van der Waals surface area contributed by atoms with Crippen LogP contribution in [0.3, 0.4) is 0 Å². The average molecular weight is 412 g/mol. The van der Waals surface area contributed by atoms with Crippen LogP contribution in [0.25, 0.3) is 0 Å². The number of nitrogens with one attached hydrogen (secondary N) is 1. The molecule has 2 aromatic rings. The van der Waals surface area contributed by atoms with Crippen molar-refractivity contribution in [2.75, 3.05) is 11.8 Å². The second-order valence-corrected chi connectivity index (χ2v) is 8.96. The summed E-state index contributed by atoms with van der Waals surface area (Å²) in [5, 5.41) is 5.15. The Balaban J connectivity index is 2.48. The number of anilines is 1. The summed E-state index contributed by atoms with van der Waals surface area (Å²) in [5.74, 6) is -0.750. The number of hydrogen-bond acceptors (Lipinski definition) is 6. The van der Waals surface area contributed by atoms with Gasteiger partial charge in [0.2, 0.25) is 10.0 Å². The van der Waals surface area contributed by atoms with E-state index >= 15 is 0 Å². The maximum Gasteiger partial charge on any atom is 0.337 e. The van der Waals surface area contributed by atoms with E-state index in [-0.39, 0.29) is 16.1 Å². The Hall–Kier alpha value is -2.43. The number of methoxy groups -OCH3 is 1. The van der Waals surface area contributed by atoms with E-state index in [1.807, 2.05) is 6.92 Å². The van der Waals surface area contributed by atoms with E-state index in [4.69, 9.17) is 5.14 Å². The van der Waals surface area contributed by atoms with Gasteiger partial charge in [-0.25, -0.2) is 26.8 Å².